The largest absolute Gasteiger partial charge is 0.340 e. The Morgan fingerprint density at radius 2 is 2.14 bits per heavy atom. The number of hydrogen-bond donors (Lipinski definition) is 0. The molecule has 0 saturated heterocycles. The molecule has 1 aromatic rings. The molecule has 0 atom stereocenters. The maximum absolute atomic E-state index is 11.8. The van der Waals surface area contributed by atoms with E-state index in [0.717, 1.165) is 11.4 Å². The highest BCUT2D eigenvalue weighted by atomic mass is 32.1. The van der Waals surface area contributed by atoms with E-state index in [-0.39, 0.29) is 11.3 Å². The number of thiophene rings is 1. The van der Waals surface area contributed by atoms with Gasteiger partial charge in [-0.25, -0.2) is 0 Å². The van der Waals surface area contributed by atoms with Crippen molar-refractivity contribution in [2.24, 2.45) is 5.41 Å². The third-order valence-corrected chi connectivity index (χ3v) is 2.65. The molecular formula is C11H17NOS. The predicted molar refractivity (Wildman–Crippen MR) is 60.7 cm³/mol. The maximum atomic E-state index is 11.8. The van der Waals surface area contributed by atoms with E-state index < -0.39 is 0 Å². The fraction of sp³-hybridized carbons (Fsp3) is 0.545. The highest BCUT2D eigenvalue weighted by molar-refractivity contribution is 7.12. The lowest BCUT2D eigenvalue weighted by Crippen LogP contribution is -2.34. The number of hydrogen-bond acceptors (Lipinski definition) is 2. The van der Waals surface area contributed by atoms with Gasteiger partial charge in [0.05, 0.1) is 4.88 Å². The Morgan fingerprint density at radius 3 is 2.57 bits per heavy atom. The summed E-state index contributed by atoms with van der Waals surface area (Å²) in [5, 5.41) is 1.93. The lowest BCUT2D eigenvalue weighted by molar-refractivity contribution is 0.0750. The quantitative estimate of drug-likeness (QED) is 0.736. The minimum atomic E-state index is 0.120. The van der Waals surface area contributed by atoms with Gasteiger partial charge in [0.25, 0.3) is 5.91 Å². The normalized spacial score (nSPS) is 11.4. The Labute approximate surface area is 89.5 Å². The van der Waals surface area contributed by atoms with Crippen molar-refractivity contribution >= 4 is 17.2 Å². The number of carbonyl (C=O) groups is 1. The summed E-state index contributed by atoms with van der Waals surface area (Å²) in [6.07, 6.45) is 0. The van der Waals surface area contributed by atoms with Crippen LogP contribution in [0, 0.1) is 5.41 Å². The molecule has 0 aromatic carbocycles. The van der Waals surface area contributed by atoms with Crippen molar-refractivity contribution in [3.63, 3.8) is 0 Å². The molecule has 1 aromatic heterocycles. The predicted octanol–water partition coefficient (Wildman–Crippen LogP) is 2.87. The first-order valence-electron chi connectivity index (χ1n) is 4.69. The van der Waals surface area contributed by atoms with Crippen LogP contribution in [0.3, 0.4) is 0 Å². The molecule has 1 rings (SSSR count). The SMILES string of the molecule is CN(CC(C)(C)C)C(=O)c1cccs1. The minimum absolute atomic E-state index is 0.120. The highest BCUT2D eigenvalue weighted by Gasteiger charge is 2.18. The number of amides is 1. The monoisotopic (exact) mass is 211 g/mol. The molecule has 0 unspecified atom stereocenters. The second kappa shape index (κ2) is 4.13. The lowest BCUT2D eigenvalue weighted by Gasteiger charge is -2.26. The lowest BCUT2D eigenvalue weighted by atomic mass is 9.96. The molecule has 0 aliphatic carbocycles. The Morgan fingerprint density at radius 1 is 1.50 bits per heavy atom. The Hall–Kier alpha value is -0.830. The second-order valence-electron chi connectivity index (χ2n) is 4.70. The molecule has 0 radical (unpaired) electrons. The first-order chi connectivity index (χ1) is 6.40. The summed E-state index contributed by atoms with van der Waals surface area (Å²) >= 11 is 1.49. The number of nitrogens with zero attached hydrogens (tertiary/aromatic N) is 1. The van der Waals surface area contributed by atoms with Crippen molar-refractivity contribution in [1.29, 1.82) is 0 Å². The van der Waals surface area contributed by atoms with Crippen LogP contribution in [0.25, 0.3) is 0 Å². The van der Waals surface area contributed by atoms with Gasteiger partial charge in [-0.05, 0) is 16.9 Å². The molecule has 14 heavy (non-hydrogen) atoms. The molecule has 0 fully saturated rings. The topological polar surface area (TPSA) is 20.3 Å². The van der Waals surface area contributed by atoms with Gasteiger partial charge in [0.2, 0.25) is 0 Å². The summed E-state index contributed by atoms with van der Waals surface area (Å²) in [7, 11) is 1.85. The summed E-state index contributed by atoms with van der Waals surface area (Å²) in [4.78, 5) is 14.4. The Balaban J connectivity index is 2.63. The van der Waals surface area contributed by atoms with Crippen LogP contribution in [-0.4, -0.2) is 24.4 Å². The number of rotatable bonds is 2. The van der Waals surface area contributed by atoms with Crippen LogP contribution in [0.5, 0.6) is 0 Å². The van der Waals surface area contributed by atoms with Crippen LogP contribution in [0.4, 0.5) is 0 Å². The highest BCUT2D eigenvalue weighted by Crippen LogP contribution is 2.17. The van der Waals surface area contributed by atoms with Crippen LogP contribution in [0.2, 0.25) is 0 Å². The molecule has 0 N–H and O–H groups in total. The van der Waals surface area contributed by atoms with E-state index in [1.54, 1.807) is 4.90 Å². The molecule has 3 heteroatoms. The van der Waals surface area contributed by atoms with Gasteiger partial charge < -0.3 is 4.90 Å². The zero-order valence-corrected chi connectivity index (χ0v) is 10.0. The van der Waals surface area contributed by atoms with Crippen LogP contribution < -0.4 is 0 Å². The molecule has 0 aliphatic rings. The van der Waals surface area contributed by atoms with Crippen LogP contribution in [0.15, 0.2) is 17.5 Å². The average molecular weight is 211 g/mol. The van der Waals surface area contributed by atoms with Gasteiger partial charge in [-0.1, -0.05) is 26.8 Å². The van der Waals surface area contributed by atoms with Gasteiger partial charge in [-0.2, -0.15) is 0 Å². The standard InChI is InChI=1S/C11H17NOS/c1-11(2,3)8-12(4)10(13)9-6-5-7-14-9/h5-7H,8H2,1-4H3. The van der Waals surface area contributed by atoms with Crippen LogP contribution in [0.1, 0.15) is 30.4 Å². The fourth-order valence-electron chi connectivity index (χ4n) is 1.37. The molecule has 0 bridgehead atoms. The summed E-state index contributed by atoms with van der Waals surface area (Å²) < 4.78 is 0. The van der Waals surface area contributed by atoms with E-state index in [4.69, 9.17) is 0 Å². The van der Waals surface area contributed by atoms with Gasteiger partial charge in [0.1, 0.15) is 0 Å². The van der Waals surface area contributed by atoms with E-state index in [1.165, 1.54) is 11.3 Å². The zero-order chi connectivity index (χ0) is 10.8. The summed E-state index contributed by atoms with van der Waals surface area (Å²) in [6, 6.07) is 3.77. The van der Waals surface area contributed by atoms with Crippen molar-refractivity contribution in [3.05, 3.63) is 22.4 Å². The third kappa shape index (κ3) is 3.14. The Bertz CT molecular complexity index is 298. The maximum Gasteiger partial charge on any atom is 0.263 e. The summed E-state index contributed by atoms with van der Waals surface area (Å²) in [5.41, 5.74) is 0.154. The van der Waals surface area contributed by atoms with E-state index >= 15 is 0 Å². The fourth-order valence-corrected chi connectivity index (χ4v) is 2.09. The third-order valence-electron chi connectivity index (χ3n) is 1.79. The van der Waals surface area contributed by atoms with Crippen molar-refractivity contribution in [2.75, 3.05) is 13.6 Å². The summed E-state index contributed by atoms with van der Waals surface area (Å²) in [6.45, 7) is 7.17. The summed E-state index contributed by atoms with van der Waals surface area (Å²) in [5.74, 6) is 0.120. The first kappa shape index (κ1) is 11.2. The van der Waals surface area contributed by atoms with Crippen molar-refractivity contribution in [3.8, 4) is 0 Å². The van der Waals surface area contributed by atoms with E-state index in [0.29, 0.717) is 0 Å². The molecule has 1 amide bonds. The molecule has 0 spiro atoms. The van der Waals surface area contributed by atoms with Gasteiger partial charge in [0.15, 0.2) is 0 Å². The minimum Gasteiger partial charge on any atom is -0.340 e. The molecule has 78 valence electrons. The zero-order valence-electron chi connectivity index (χ0n) is 9.20. The smallest absolute Gasteiger partial charge is 0.263 e. The van der Waals surface area contributed by atoms with Crippen molar-refractivity contribution in [2.45, 2.75) is 20.8 Å². The number of carbonyl (C=O) groups excluding carboxylic acids is 1. The van der Waals surface area contributed by atoms with Crippen LogP contribution >= 0.6 is 11.3 Å². The van der Waals surface area contributed by atoms with E-state index in [9.17, 15) is 4.79 Å². The molecule has 0 aliphatic heterocycles. The molecule has 0 saturated carbocycles. The van der Waals surface area contributed by atoms with Crippen LogP contribution in [-0.2, 0) is 0 Å². The molecule has 2 nitrogen and oxygen atoms in total. The van der Waals surface area contributed by atoms with Gasteiger partial charge in [-0.3, -0.25) is 4.79 Å². The second-order valence-corrected chi connectivity index (χ2v) is 5.65. The van der Waals surface area contributed by atoms with Crippen molar-refractivity contribution in [1.82, 2.24) is 4.90 Å². The van der Waals surface area contributed by atoms with Gasteiger partial charge in [0, 0.05) is 13.6 Å². The van der Waals surface area contributed by atoms with E-state index in [1.807, 2.05) is 24.6 Å². The first-order valence-corrected chi connectivity index (χ1v) is 5.57. The molecular weight excluding hydrogens is 194 g/mol. The Kier molecular flexibility index (Phi) is 3.32. The van der Waals surface area contributed by atoms with E-state index in [2.05, 4.69) is 20.8 Å². The van der Waals surface area contributed by atoms with Crippen molar-refractivity contribution < 1.29 is 4.79 Å². The average Bonchev–Trinajstić information content (AvgIpc) is 2.51. The van der Waals surface area contributed by atoms with Gasteiger partial charge >= 0.3 is 0 Å². The van der Waals surface area contributed by atoms with Gasteiger partial charge in [-0.15, -0.1) is 11.3 Å². The molecule has 1 heterocycles.